The van der Waals surface area contributed by atoms with Crippen molar-refractivity contribution in [3.05, 3.63) is 138 Å². The molecular weight excluding hydrogens is 400 g/mol. The largest absolute Gasteiger partial charge is 0.278 e. The molecule has 0 atom stereocenters. The van der Waals surface area contributed by atoms with Crippen LogP contribution >= 0.6 is 0 Å². The Morgan fingerprint density at radius 3 is 2.33 bits per heavy atom. The van der Waals surface area contributed by atoms with Crippen LogP contribution in [0.25, 0.3) is 21.9 Å². The van der Waals surface area contributed by atoms with Crippen molar-refractivity contribution < 1.29 is 0 Å². The minimum atomic E-state index is 0.777. The lowest BCUT2D eigenvalue weighted by Gasteiger charge is -2.13. The number of hydrazone groups is 1. The molecule has 1 aliphatic rings. The molecule has 0 heterocycles. The fraction of sp³-hybridized carbons (Fsp3) is 0.0645. The zero-order chi connectivity index (χ0) is 22.0. The van der Waals surface area contributed by atoms with Crippen molar-refractivity contribution in [2.45, 2.75) is 12.8 Å². The van der Waals surface area contributed by atoms with Gasteiger partial charge in [-0.05, 0) is 51.3 Å². The van der Waals surface area contributed by atoms with Crippen LogP contribution in [0.4, 0.5) is 5.69 Å². The predicted molar refractivity (Wildman–Crippen MR) is 139 cm³/mol. The average Bonchev–Trinajstić information content (AvgIpc) is 3.27. The molecule has 0 aromatic heterocycles. The first-order valence-electron chi connectivity index (χ1n) is 11.4. The van der Waals surface area contributed by atoms with E-state index in [4.69, 9.17) is 5.10 Å². The van der Waals surface area contributed by atoms with Gasteiger partial charge in [0.2, 0.25) is 0 Å². The van der Waals surface area contributed by atoms with Crippen molar-refractivity contribution in [2.24, 2.45) is 5.10 Å². The van der Waals surface area contributed by atoms with Crippen LogP contribution in [0.2, 0.25) is 0 Å². The summed E-state index contributed by atoms with van der Waals surface area (Å²) in [7, 11) is 0. The number of benzene rings is 5. The smallest absolute Gasteiger partial charge is 0.0723 e. The zero-order valence-electron chi connectivity index (χ0n) is 18.3. The van der Waals surface area contributed by atoms with Gasteiger partial charge in [-0.25, -0.2) is 0 Å². The van der Waals surface area contributed by atoms with Gasteiger partial charge in [-0.15, -0.1) is 0 Å². The van der Waals surface area contributed by atoms with Crippen LogP contribution in [0.1, 0.15) is 22.3 Å². The lowest BCUT2D eigenvalue weighted by Crippen LogP contribution is -2.10. The number of anilines is 1. The summed E-state index contributed by atoms with van der Waals surface area (Å²) in [5.74, 6) is 0. The van der Waals surface area contributed by atoms with E-state index in [1.54, 1.807) is 0 Å². The monoisotopic (exact) mass is 424 g/mol. The number of nitrogens with one attached hydrogen (secondary N) is 1. The highest BCUT2D eigenvalue weighted by Crippen LogP contribution is 2.38. The molecule has 33 heavy (non-hydrogen) atoms. The second-order valence-electron chi connectivity index (χ2n) is 8.52. The van der Waals surface area contributed by atoms with E-state index < -0.39 is 0 Å². The minimum Gasteiger partial charge on any atom is -0.278 e. The van der Waals surface area contributed by atoms with Gasteiger partial charge in [0, 0.05) is 11.8 Å². The molecule has 0 spiro atoms. The summed E-state index contributed by atoms with van der Waals surface area (Å²) in [5.41, 5.74) is 13.5. The highest BCUT2D eigenvalue weighted by atomic mass is 15.3. The molecule has 2 nitrogen and oxygen atoms in total. The third-order valence-electron chi connectivity index (χ3n) is 6.51. The normalized spacial score (nSPS) is 12.4. The molecule has 0 saturated carbocycles. The van der Waals surface area contributed by atoms with Crippen molar-refractivity contribution in [3.8, 4) is 11.1 Å². The average molecular weight is 425 g/mol. The molecular formula is C31H24N2. The molecule has 0 unspecified atom stereocenters. The van der Waals surface area contributed by atoms with Gasteiger partial charge in [0.25, 0.3) is 0 Å². The van der Waals surface area contributed by atoms with Gasteiger partial charge in [-0.3, -0.25) is 5.43 Å². The molecule has 0 saturated heterocycles. The molecule has 0 radical (unpaired) electrons. The Balaban J connectivity index is 1.39. The van der Waals surface area contributed by atoms with Crippen molar-refractivity contribution >= 4 is 22.2 Å². The van der Waals surface area contributed by atoms with Crippen molar-refractivity contribution in [3.63, 3.8) is 0 Å². The quantitative estimate of drug-likeness (QED) is 0.225. The van der Waals surface area contributed by atoms with Gasteiger partial charge in [-0.1, -0.05) is 109 Å². The topological polar surface area (TPSA) is 24.4 Å². The third kappa shape index (κ3) is 3.70. The summed E-state index contributed by atoms with van der Waals surface area (Å²) in [5, 5.41) is 7.33. The third-order valence-corrected chi connectivity index (χ3v) is 6.51. The Kier molecular flexibility index (Phi) is 4.97. The van der Waals surface area contributed by atoms with Gasteiger partial charge >= 0.3 is 0 Å². The van der Waals surface area contributed by atoms with Gasteiger partial charge in [-0.2, -0.15) is 5.10 Å². The summed E-state index contributed by atoms with van der Waals surface area (Å²) in [6.45, 7) is 0. The Bertz CT molecular complexity index is 1480. The minimum absolute atomic E-state index is 0.777. The first-order valence-corrected chi connectivity index (χ1v) is 11.4. The molecule has 1 aliphatic carbocycles. The highest BCUT2D eigenvalue weighted by molar-refractivity contribution is 6.03. The number of fused-ring (bicyclic) bond motifs is 4. The summed E-state index contributed by atoms with van der Waals surface area (Å²) in [4.78, 5) is 0. The maximum absolute atomic E-state index is 4.95. The second-order valence-corrected chi connectivity index (χ2v) is 8.52. The molecule has 0 aliphatic heterocycles. The Morgan fingerprint density at radius 2 is 1.39 bits per heavy atom. The van der Waals surface area contributed by atoms with Gasteiger partial charge in [0.15, 0.2) is 0 Å². The van der Waals surface area contributed by atoms with Crippen LogP contribution in [-0.4, -0.2) is 5.71 Å². The van der Waals surface area contributed by atoms with E-state index in [1.165, 1.54) is 38.6 Å². The fourth-order valence-corrected chi connectivity index (χ4v) is 4.86. The van der Waals surface area contributed by atoms with Crippen LogP contribution in [0, 0.1) is 0 Å². The maximum Gasteiger partial charge on any atom is 0.0723 e. The Morgan fingerprint density at radius 1 is 0.667 bits per heavy atom. The fourth-order valence-electron chi connectivity index (χ4n) is 4.86. The molecule has 0 fully saturated rings. The van der Waals surface area contributed by atoms with E-state index in [-0.39, 0.29) is 0 Å². The molecule has 1 N–H and O–H groups in total. The number of hydrogen-bond donors (Lipinski definition) is 1. The summed E-state index contributed by atoms with van der Waals surface area (Å²) in [6.07, 6.45) is 1.76. The van der Waals surface area contributed by atoms with Gasteiger partial charge in [0.1, 0.15) is 0 Å². The van der Waals surface area contributed by atoms with Crippen LogP contribution in [0.15, 0.2) is 120 Å². The molecule has 2 heteroatoms. The second kappa shape index (κ2) is 8.40. The van der Waals surface area contributed by atoms with E-state index >= 15 is 0 Å². The standard InChI is InChI=1S/C31H24N2/c1-2-11-23(12-3-1)31(33-32-30-19-9-14-22-10-4-7-17-27(22)30)21-25-15-8-18-28-26-16-6-5-13-24(26)20-29(25)28/h1-19,32H,20-21H2. The summed E-state index contributed by atoms with van der Waals surface area (Å²) < 4.78 is 0. The highest BCUT2D eigenvalue weighted by Gasteiger charge is 2.21. The van der Waals surface area contributed by atoms with E-state index in [0.717, 1.165) is 29.8 Å². The molecule has 6 rings (SSSR count). The lowest BCUT2D eigenvalue weighted by molar-refractivity contribution is 1.17. The molecule has 5 aromatic carbocycles. The van der Waals surface area contributed by atoms with E-state index in [0.29, 0.717) is 0 Å². The first kappa shape index (κ1) is 19.5. The SMILES string of the molecule is c1ccc(C(Cc2cccc3c2Cc2ccccc2-3)=NNc2cccc3ccccc23)cc1. The van der Waals surface area contributed by atoms with Crippen LogP contribution in [0.5, 0.6) is 0 Å². The Hall–Kier alpha value is -4.17. The number of rotatable bonds is 5. The summed E-state index contributed by atoms with van der Waals surface area (Å²) in [6, 6.07) is 40.6. The van der Waals surface area contributed by atoms with E-state index in [9.17, 15) is 0 Å². The molecule has 5 aromatic rings. The van der Waals surface area contributed by atoms with Crippen LogP contribution in [-0.2, 0) is 12.8 Å². The lowest BCUT2D eigenvalue weighted by atomic mass is 9.95. The molecule has 0 amide bonds. The summed E-state index contributed by atoms with van der Waals surface area (Å²) >= 11 is 0. The predicted octanol–water partition coefficient (Wildman–Crippen LogP) is 7.47. The van der Waals surface area contributed by atoms with Crippen molar-refractivity contribution in [1.29, 1.82) is 0 Å². The van der Waals surface area contributed by atoms with Crippen molar-refractivity contribution in [2.75, 3.05) is 5.43 Å². The number of nitrogens with zero attached hydrogens (tertiary/aromatic N) is 1. The molecule has 158 valence electrons. The molecule has 0 bridgehead atoms. The Labute approximate surface area is 194 Å². The van der Waals surface area contributed by atoms with Crippen molar-refractivity contribution in [1.82, 2.24) is 0 Å². The van der Waals surface area contributed by atoms with Gasteiger partial charge in [0.05, 0.1) is 11.4 Å². The van der Waals surface area contributed by atoms with Gasteiger partial charge < -0.3 is 0 Å². The zero-order valence-corrected chi connectivity index (χ0v) is 18.3. The number of hydrogen-bond acceptors (Lipinski definition) is 2. The first-order chi connectivity index (χ1) is 16.4. The maximum atomic E-state index is 4.95. The van der Waals surface area contributed by atoms with Crippen LogP contribution in [0.3, 0.4) is 0 Å². The van der Waals surface area contributed by atoms with E-state index in [1.807, 2.05) is 0 Å². The van der Waals surface area contributed by atoms with E-state index in [2.05, 4.69) is 121 Å². The van der Waals surface area contributed by atoms with Crippen LogP contribution < -0.4 is 5.43 Å².